The van der Waals surface area contributed by atoms with Crippen molar-refractivity contribution in [2.24, 2.45) is 10.9 Å². The highest BCUT2D eigenvalue weighted by molar-refractivity contribution is 5.91. The molecule has 22 heavy (non-hydrogen) atoms. The van der Waals surface area contributed by atoms with Crippen LogP contribution in [-0.4, -0.2) is 52.5 Å². The van der Waals surface area contributed by atoms with Gasteiger partial charge in [-0.15, -0.1) is 0 Å². The average Bonchev–Trinajstić information content (AvgIpc) is 2.97. The lowest BCUT2D eigenvalue weighted by molar-refractivity contribution is -0.0455. The van der Waals surface area contributed by atoms with Gasteiger partial charge in [0, 0.05) is 32.1 Å². The Morgan fingerprint density at radius 1 is 1.23 bits per heavy atom. The quantitative estimate of drug-likeness (QED) is 0.911. The molecular weight excluding hydrogens is 274 g/mol. The van der Waals surface area contributed by atoms with Gasteiger partial charge in [-0.1, -0.05) is 25.1 Å². The summed E-state index contributed by atoms with van der Waals surface area (Å²) in [6, 6.07) is 8.40. The highest BCUT2D eigenvalue weighted by Crippen LogP contribution is 2.41. The molecular formula is C18H25N3O. The van der Waals surface area contributed by atoms with Crippen molar-refractivity contribution in [2.45, 2.75) is 38.3 Å². The van der Waals surface area contributed by atoms with Crippen molar-refractivity contribution >= 4 is 11.5 Å². The van der Waals surface area contributed by atoms with E-state index in [1.807, 2.05) is 0 Å². The number of likely N-dealkylation sites (tertiary alicyclic amines) is 1. The SMILES string of the molecule is CCN1CCC(O)(C2CCN3Cc4ccccc4N=C23)CC1. The first-order valence-electron chi connectivity index (χ1n) is 8.56. The molecule has 0 bridgehead atoms. The summed E-state index contributed by atoms with van der Waals surface area (Å²) < 4.78 is 0. The molecule has 4 nitrogen and oxygen atoms in total. The number of para-hydroxylation sites is 1. The molecule has 1 unspecified atom stereocenters. The molecule has 0 amide bonds. The molecule has 0 spiro atoms. The van der Waals surface area contributed by atoms with Crippen LogP contribution in [0.1, 0.15) is 31.7 Å². The first-order valence-corrected chi connectivity index (χ1v) is 8.56. The normalized spacial score (nSPS) is 27.3. The van der Waals surface area contributed by atoms with Gasteiger partial charge in [-0.3, -0.25) is 0 Å². The Bertz CT molecular complexity index is 590. The van der Waals surface area contributed by atoms with E-state index in [-0.39, 0.29) is 5.92 Å². The van der Waals surface area contributed by atoms with Crippen molar-refractivity contribution < 1.29 is 5.11 Å². The molecule has 0 radical (unpaired) electrons. The largest absolute Gasteiger partial charge is 0.389 e. The number of hydrogen-bond donors (Lipinski definition) is 1. The molecule has 3 aliphatic rings. The standard InChI is InChI=1S/C18H25N3O/c1-2-20-11-8-18(22,9-12-20)15-7-10-21-13-14-5-3-4-6-16(14)19-17(15)21/h3-6,15,22H,2,7-13H2,1H3. The van der Waals surface area contributed by atoms with Crippen LogP contribution in [0.3, 0.4) is 0 Å². The molecule has 4 heteroatoms. The van der Waals surface area contributed by atoms with Crippen LogP contribution in [-0.2, 0) is 6.54 Å². The number of fused-ring (bicyclic) bond motifs is 2. The molecule has 3 aliphatic heterocycles. The van der Waals surface area contributed by atoms with Gasteiger partial charge in [0.25, 0.3) is 0 Å². The smallest absolute Gasteiger partial charge is 0.111 e. The van der Waals surface area contributed by atoms with Crippen molar-refractivity contribution in [3.05, 3.63) is 29.8 Å². The summed E-state index contributed by atoms with van der Waals surface area (Å²) in [5, 5.41) is 11.2. The summed E-state index contributed by atoms with van der Waals surface area (Å²) in [4.78, 5) is 9.72. The molecule has 118 valence electrons. The van der Waals surface area contributed by atoms with Gasteiger partial charge < -0.3 is 14.9 Å². The van der Waals surface area contributed by atoms with Crippen molar-refractivity contribution in [3.63, 3.8) is 0 Å². The molecule has 0 aromatic heterocycles. The van der Waals surface area contributed by atoms with Crippen molar-refractivity contribution in [1.29, 1.82) is 0 Å². The second-order valence-corrected chi connectivity index (χ2v) is 6.90. The number of nitrogens with zero attached hydrogens (tertiary/aromatic N) is 3. The third kappa shape index (κ3) is 2.25. The minimum Gasteiger partial charge on any atom is -0.389 e. The van der Waals surface area contributed by atoms with E-state index in [0.717, 1.165) is 63.5 Å². The van der Waals surface area contributed by atoms with Gasteiger partial charge in [0.1, 0.15) is 5.84 Å². The van der Waals surface area contributed by atoms with Crippen LogP contribution in [0.2, 0.25) is 0 Å². The summed E-state index contributed by atoms with van der Waals surface area (Å²) in [5.74, 6) is 1.34. The van der Waals surface area contributed by atoms with E-state index in [9.17, 15) is 5.11 Å². The maximum Gasteiger partial charge on any atom is 0.111 e. The zero-order valence-electron chi connectivity index (χ0n) is 13.3. The second-order valence-electron chi connectivity index (χ2n) is 6.90. The highest BCUT2D eigenvalue weighted by Gasteiger charge is 2.47. The van der Waals surface area contributed by atoms with E-state index < -0.39 is 5.60 Å². The van der Waals surface area contributed by atoms with E-state index >= 15 is 0 Å². The Morgan fingerprint density at radius 2 is 2.00 bits per heavy atom. The summed E-state index contributed by atoms with van der Waals surface area (Å²) in [7, 11) is 0. The third-order valence-electron chi connectivity index (χ3n) is 5.73. The molecule has 1 N–H and O–H groups in total. The Hall–Kier alpha value is -1.39. The minimum atomic E-state index is -0.564. The molecule has 1 atom stereocenters. The summed E-state index contributed by atoms with van der Waals surface area (Å²) in [5.41, 5.74) is 1.83. The molecule has 2 saturated heterocycles. The molecule has 3 heterocycles. The average molecular weight is 299 g/mol. The summed E-state index contributed by atoms with van der Waals surface area (Å²) in [6.45, 7) is 7.27. The lowest BCUT2D eigenvalue weighted by Crippen LogP contribution is -2.51. The Labute approximate surface area is 132 Å². The Balaban J connectivity index is 1.61. The van der Waals surface area contributed by atoms with Crippen LogP contribution in [0.4, 0.5) is 5.69 Å². The Kier molecular flexibility index (Phi) is 3.46. The first kappa shape index (κ1) is 14.2. The topological polar surface area (TPSA) is 39.1 Å². The van der Waals surface area contributed by atoms with E-state index in [0.29, 0.717) is 0 Å². The van der Waals surface area contributed by atoms with Crippen LogP contribution in [0.15, 0.2) is 29.3 Å². The fourth-order valence-corrected chi connectivity index (χ4v) is 4.25. The lowest BCUT2D eigenvalue weighted by Gasteiger charge is -2.42. The fourth-order valence-electron chi connectivity index (χ4n) is 4.25. The van der Waals surface area contributed by atoms with Gasteiger partial charge in [0.05, 0.1) is 11.3 Å². The number of hydrogen-bond acceptors (Lipinski definition) is 4. The van der Waals surface area contributed by atoms with Crippen LogP contribution >= 0.6 is 0 Å². The molecule has 0 aliphatic carbocycles. The van der Waals surface area contributed by atoms with Crippen LogP contribution in [0.5, 0.6) is 0 Å². The number of aliphatic hydroxyl groups is 1. The van der Waals surface area contributed by atoms with Crippen molar-refractivity contribution in [2.75, 3.05) is 26.2 Å². The van der Waals surface area contributed by atoms with Gasteiger partial charge >= 0.3 is 0 Å². The minimum absolute atomic E-state index is 0.208. The molecule has 0 saturated carbocycles. The van der Waals surface area contributed by atoms with Gasteiger partial charge in [-0.05, 0) is 37.4 Å². The number of amidine groups is 1. The van der Waals surface area contributed by atoms with Gasteiger partial charge in [-0.2, -0.15) is 0 Å². The van der Waals surface area contributed by atoms with E-state index in [4.69, 9.17) is 4.99 Å². The molecule has 1 aromatic carbocycles. The van der Waals surface area contributed by atoms with Crippen molar-refractivity contribution in [3.8, 4) is 0 Å². The van der Waals surface area contributed by atoms with Crippen LogP contribution in [0.25, 0.3) is 0 Å². The van der Waals surface area contributed by atoms with Gasteiger partial charge in [-0.25, -0.2) is 4.99 Å². The summed E-state index contributed by atoms with van der Waals surface area (Å²) in [6.07, 6.45) is 2.79. The molecule has 4 rings (SSSR count). The maximum atomic E-state index is 11.2. The van der Waals surface area contributed by atoms with E-state index in [1.54, 1.807) is 0 Å². The fraction of sp³-hybridized carbons (Fsp3) is 0.611. The second kappa shape index (κ2) is 5.36. The maximum absolute atomic E-state index is 11.2. The predicted octanol–water partition coefficient (Wildman–Crippen LogP) is 2.40. The van der Waals surface area contributed by atoms with Gasteiger partial charge in [0.15, 0.2) is 0 Å². The van der Waals surface area contributed by atoms with E-state index in [2.05, 4.69) is 41.0 Å². The predicted molar refractivity (Wildman–Crippen MR) is 88.4 cm³/mol. The van der Waals surface area contributed by atoms with Crippen molar-refractivity contribution in [1.82, 2.24) is 9.80 Å². The number of rotatable bonds is 2. The van der Waals surface area contributed by atoms with E-state index in [1.165, 1.54) is 5.56 Å². The third-order valence-corrected chi connectivity index (χ3v) is 5.73. The van der Waals surface area contributed by atoms with Crippen LogP contribution in [0, 0.1) is 5.92 Å². The monoisotopic (exact) mass is 299 g/mol. The zero-order chi connectivity index (χ0) is 15.2. The number of piperidine rings is 1. The molecule has 1 aromatic rings. The lowest BCUT2D eigenvalue weighted by atomic mass is 9.78. The number of benzene rings is 1. The highest BCUT2D eigenvalue weighted by atomic mass is 16.3. The summed E-state index contributed by atoms with van der Waals surface area (Å²) >= 11 is 0. The van der Waals surface area contributed by atoms with Crippen LogP contribution < -0.4 is 0 Å². The molecule has 2 fully saturated rings. The van der Waals surface area contributed by atoms with Gasteiger partial charge in [0.2, 0.25) is 0 Å². The Morgan fingerprint density at radius 3 is 2.77 bits per heavy atom. The first-order chi connectivity index (χ1) is 10.7. The zero-order valence-corrected chi connectivity index (χ0v) is 13.3. The number of aliphatic imine (C=N–C) groups is 1.